The SMILES string of the molecule is CC(C)(C)OC(=O)Nc1ccc(-c2ccc3cnn(NC(=O)c4ccsc4)c3c2F)cc1. The van der Waals surface area contributed by atoms with Crippen LogP contribution in [0.5, 0.6) is 0 Å². The zero-order valence-electron chi connectivity index (χ0n) is 17.7. The van der Waals surface area contributed by atoms with Crippen LogP contribution in [0.1, 0.15) is 31.1 Å². The molecule has 0 spiro atoms. The van der Waals surface area contributed by atoms with Crippen molar-refractivity contribution in [2.24, 2.45) is 0 Å². The maximum absolute atomic E-state index is 15.4. The van der Waals surface area contributed by atoms with Gasteiger partial charge >= 0.3 is 6.09 Å². The predicted molar refractivity (Wildman–Crippen MR) is 123 cm³/mol. The Kier molecular flexibility index (Phi) is 5.67. The molecule has 0 saturated carbocycles. The van der Waals surface area contributed by atoms with Gasteiger partial charge in [0, 0.05) is 22.0 Å². The molecule has 0 unspecified atom stereocenters. The van der Waals surface area contributed by atoms with Crippen molar-refractivity contribution in [3.8, 4) is 11.1 Å². The lowest BCUT2D eigenvalue weighted by molar-refractivity contribution is 0.0635. The number of benzene rings is 2. The van der Waals surface area contributed by atoms with Gasteiger partial charge in [-0.2, -0.15) is 21.2 Å². The van der Waals surface area contributed by atoms with E-state index >= 15 is 4.39 Å². The highest BCUT2D eigenvalue weighted by atomic mass is 32.1. The summed E-state index contributed by atoms with van der Waals surface area (Å²) in [5.74, 6) is -0.892. The minimum Gasteiger partial charge on any atom is -0.444 e. The molecule has 2 N–H and O–H groups in total. The first-order chi connectivity index (χ1) is 15.2. The summed E-state index contributed by atoms with van der Waals surface area (Å²) in [6.07, 6.45) is 0.923. The van der Waals surface area contributed by atoms with Crippen LogP contribution in [0.4, 0.5) is 14.9 Å². The summed E-state index contributed by atoms with van der Waals surface area (Å²) in [6, 6.07) is 11.8. The summed E-state index contributed by atoms with van der Waals surface area (Å²) < 4.78 is 20.7. The molecule has 0 atom stereocenters. The highest BCUT2D eigenvalue weighted by Crippen LogP contribution is 2.29. The van der Waals surface area contributed by atoms with E-state index in [1.54, 1.807) is 74.0 Å². The average Bonchev–Trinajstić information content (AvgIpc) is 3.38. The second-order valence-electron chi connectivity index (χ2n) is 8.08. The van der Waals surface area contributed by atoms with E-state index in [2.05, 4.69) is 15.8 Å². The molecule has 4 aromatic rings. The van der Waals surface area contributed by atoms with Crippen LogP contribution in [-0.4, -0.2) is 27.5 Å². The first-order valence-electron chi connectivity index (χ1n) is 9.81. The molecule has 0 radical (unpaired) electrons. The fourth-order valence-electron chi connectivity index (χ4n) is 3.09. The normalized spacial score (nSPS) is 11.4. The Morgan fingerprint density at radius 1 is 1.09 bits per heavy atom. The second kappa shape index (κ2) is 8.43. The zero-order chi connectivity index (χ0) is 22.9. The van der Waals surface area contributed by atoms with Crippen molar-refractivity contribution in [3.63, 3.8) is 0 Å². The van der Waals surface area contributed by atoms with Gasteiger partial charge in [0.25, 0.3) is 5.91 Å². The fraction of sp³-hybridized carbons (Fsp3) is 0.174. The van der Waals surface area contributed by atoms with Crippen LogP contribution < -0.4 is 10.7 Å². The van der Waals surface area contributed by atoms with E-state index in [1.807, 2.05) is 0 Å². The molecule has 0 aliphatic heterocycles. The Bertz CT molecular complexity index is 1280. The number of carbonyl (C=O) groups is 2. The van der Waals surface area contributed by atoms with Gasteiger partial charge in [-0.25, -0.2) is 14.6 Å². The van der Waals surface area contributed by atoms with Crippen molar-refractivity contribution in [2.45, 2.75) is 26.4 Å². The molecule has 4 rings (SSSR count). The van der Waals surface area contributed by atoms with E-state index in [0.717, 1.165) is 4.79 Å². The van der Waals surface area contributed by atoms with Crippen LogP contribution >= 0.6 is 11.3 Å². The third-order valence-electron chi connectivity index (χ3n) is 4.50. The Labute approximate surface area is 187 Å². The number of halogens is 1. The van der Waals surface area contributed by atoms with Crippen LogP contribution in [0, 0.1) is 5.82 Å². The number of anilines is 1. The van der Waals surface area contributed by atoms with Crippen LogP contribution in [0.25, 0.3) is 22.0 Å². The largest absolute Gasteiger partial charge is 0.444 e. The molecule has 32 heavy (non-hydrogen) atoms. The van der Waals surface area contributed by atoms with Gasteiger partial charge in [-0.05, 0) is 49.9 Å². The smallest absolute Gasteiger partial charge is 0.412 e. The van der Waals surface area contributed by atoms with Crippen LogP contribution in [0.3, 0.4) is 0 Å². The number of nitrogens with zero attached hydrogens (tertiary/aromatic N) is 2. The molecule has 2 amide bonds. The minimum absolute atomic E-state index is 0.169. The minimum atomic E-state index is -0.607. The number of ether oxygens (including phenoxy) is 1. The van der Waals surface area contributed by atoms with Gasteiger partial charge in [0.15, 0.2) is 5.82 Å². The van der Waals surface area contributed by atoms with Gasteiger partial charge in [-0.3, -0.25) is 10.1 Å². The van der Waals surface area contributed by atoms with Gasteiger partial charge in [-0.15, -0.1) is 0 Å². The fourth-order valence-corrected chi connectivity index (χ4v) is 3.73. The third kappa shape index (κ3) is 4.62. The zero-order valence-corrected chi connectivity index (χ0v) is 18.5. The predicted octanol–water partition coefficient (Wildman–Crippen LogP) is 5.63. The number of thiophene rings is 1. The van der Waals surface area contributed by atoms with Gasteiger partial charge < -0.3 is 4.74 Å². The maximum atomic E-state index is 15.4. The number of hydrogen-bond donors (Lipinski definition) is 2. The first-order valence-corrected chi connectivity index (χ1v) is 10.8. The van der Waals surface area contributed by atoms with Gasteiger partial charge in [0.1, 0.15) is 11.1 Å². The molecule has 0 aliphatic carbocycles. The van der Waals surface area contributed by atoms with Crippen LogP contribution in [-0.2, 0) is 4.74 Å². The topological polar surface area (TPSA) is 85.2 Å². The average molecular weight is 453 g/mol. The van der Waals surface area contributed by atoms with Crippen molar-refractivity contribution >= 4 is 39.9 Å². The van der Waals surface area contributed by atoms with Crippen molar-refractivity contribution in [3.05, 3.63) is 70.8 Å². The summed E-state index contributed by atoms with van der Waals surface area (Å²) in [5.41, 5.74) is 4.12. The second-order valence-corrected chi connectivity index (χ2v) is 8.86. The number of amides is 2. The van der Waals surface area contributed by atoms with Crippen LogP contribution in [0.2, 0.25) is 0 Å². The maximum Gasteiger partial charge on any atom is 0.412 e. The van der Waals surface area contributed by atoms with Gasteiger partial charge in [0.05, 0.1) is 11.8 Å². The molecule has 2 aromatic heterocycles. The molecule has 0 fully saturated rings. The van der Waals surface area contributed by atoms with E-state index in [1.165, 1.54) is 17.5 Å². The first kappa shape index (κ1) is 21.5. The lowest BCUT2D eigenvalue weighted by Gasteiger charge is -2.19. The lowest BCUT2D eigenvalue weighted by atomic mass is 10.0. The number of aromatic nitrogens is 2. The monoisotopic (exact) mass is 452 g/mol. The Balaban J connectivity index is 1.59. The van der Waals surface area contributed by atoms with Crippen molar-refractivity contribution in [1.82, 2.24) is 9.89 Å². The highest BCUT2D eigenvalue weighted by molar-refractivity contribution is 7.08. The number of hydrogen-bond acceptors (Lipinski definition) is 5. The quantitative estimate of drug-likeness (QED) is 0.420. The van der Waals surface area contributed by atoms with Gasteiger partial charge in [0.2, 0.25) is 0 Å². The molecule has 0 aliphatic rings. The molecular weight excluding hydrogens is 431 g/mol. The number of carbonyl (C=O) groups excluding carboxylic acids is 2. The van der Waals surface area contributed by atoms with Crippen molar-refractivity contribution in [1.29, 1.82) is 0 Å². The molecule has 7 nitrogen and oxygen atoms in total. The molecule has 0 bridgehead atoms. The third-order valence-corrected chi connectivity index (χ3v) is 5.19. The Morgan fingerprint density at radius 3 is 2.50 bits per heavy atom. The van der Waals surface area contributed by atoms with E-state index in [4.69, 9.17) is 4.74 Å². The van der Waals surface area contributed by atoms with Gasteiger partial charge in [-0.1, -0.05) is 24.3 Å². The van der Waals surface area contributed by atoms with E-state index in [-0.39, 0.29) is 11.4 Å². The molecule has 2 heterocycles. The summed E-state index contributed by atoms with van der Waals surface area (Å²) in [7, 11) is 0. The number of nitrogens with one attached hydrogen (secondary N) is 2. The van der Waals surface area contributed by atoms with E-state index in [9.17, 15) is 9.59 Å². The summed E-state index contributed by atoms with van der Waals surface area (Å²) in [6.45, 7) is 5.34. The van der Waals surface area contributed by atoms with Crippen LogP contribution in [0.15, 0.2) is 59.4 Å². The summed E-state index contributed by atoms with van der Waals surface area (Å²) in [4.78, 5) is 25.4. The highest BCUT2D eigenvalue weighted by Gasteiger charge is 2.18. The molecular formula is C23H21FN4O3S. The van der Waals surface area contributed by atoms with E-state index in [0.29, 0.717) is 27.8 Å². The summed E-state index contributed by atoms with van der Waals surface area (Å²) in [5, 5.41) is 10.8. The number of fused-ring (bicyclic) bond motifs is 1. The molecule has 0 saturated heterocycles. The number of rotatable bonds is 4. The van der Waals surface area contributed by atoms with E-state index < -0.39 is 17.5 Å². The molecule has 2 aromatic carbocycles. The Hall–Kier alpha value is -3.72. The lowest BCUT2D eigenvalue weighted by Crippen LogP contribution is -2.27. The summed E-state index contributed by atoms with van der Waals surface area (Å²) >= 11 is 1.40. The molecule has 164 valence electrons. The van der Waals surface area contributed by atoms with Crippen molar-refractivity contribution in [2.75, 3.05) is 10.7 Å². The molecule has 9 heteroatoms. The standard InChI is InChI=1S/C23H21FN4O3S/c1-23(2,3)31-22(30)26-17-7-4-14(5-8-17)18-9-6-15-12-25-28(20(15)19(18)24)27-21(29)16-10-11-32-13-16/h4-13H,1-3H3,(H,26,30)(H,27,29). The Morgan fingerprint density at radius 2 is 1.84 bits per heavy atom. The van der Waals surface area contributed by atoms with Crippen molar-refractivity contribution < 1.29 is 18.7 Å².